The van der Waals surface area contributed by atoms with Crippen molar-refractivity contribution in [3.63, 3.8) is 0 Å². The lowest BCUT2D eigenvalue weighted by Gasteiger charge is -2.22. The van der Waals surface area contributed by atoms with Crippen LogP contribution in [0.5, 0.6) is 0 Å². The molecule has 1 heterocycles. The first-order valence-corrected chi connectivity index (χ1v) is 6.57. The third-order valence-electron chi connectivity index (χ3n) is 2.94. The molecule has 98 valence electrons. The van der Waals surface area contributed by atoms with Crippen LogP contribution < -0.4 is 10.2 Å². The molecule has 4 nitrogen and oxygen atoms in total. The van der Waals surface area contributed by atoms with Crippen molar-refractivity contribution in [3.05, 3.63) is 12.0 Å². The number of oxazole rings is 1. The first-order valence-electron chi connectivity index (χ1n) is 6.57. The predicted octanol–water partition coefficient (Wildman–Crippen LogP) is 2.80. The van der Waals surface area contributed by atoms with Crippen LogP contribution in [0.15, 0.2) is 10.7 Å². The van der Waals surface area contributed by atoms with Crippen molar-refractivity contribution in [1.29, 1.82) is 0 Å². The maximum absolute atomic E-state index is 5.50. The van der Waals surface area contributed by atoms with Gasteiger partial charge in [0.25, 0.3) is 6.01 Å². The predicted molar refractivity (Wildman–Crippen MR) is 71.3 cm³/mol. The highest BCUT2D eigenvalue weighted by molar-refractivity contribution is 5.26. The highest BCUT2D eigenvalue weighted by Gasteiger charge is 2.14. The van der Waals surface area contributed by atoms with Gasteiger partial charge in [0.1, 0.15) is 6.26 Å². The first kappa shape index (κ1) is 14.0. The maximum Gasteiger partial charge on any atom is 0.297 e. The Morgan fingerprint density at radius 2 is 2.18 bits per heavy atom. The van der Waals surface area contributed by atoms with Gasteiger partial charge in [0.15, 0.2) is 0 Å². The maximum atomic E-state index is 5.50. The third kappa shape index (κ3) is 4.38. The molecule has 0 aliphatic heterocycles. The van der Waals surface area contributed by atoms with Crippen molar-refractivity contribution >= 4 is 6.01 Å². The Balaban J connectivity index is 2.48. The minimum absolute atomic E-state index is 0.468. The molecule has 0 radical (unpaired) electrons. The van der Waals surface area contributed by atoms with Gasteiger partial charge in [-0.3, -0.25) is 0 Å². The van der Waals surface area contributed by atoms with E-state index in [1.54, 1.807) is 6.26 Å². The summed E-state index contributed by atoms with van der Waals surface area (Å²) in [6, 6.07) is 1.19. The van der Waals surface area contributed by atoms with Crippen LogP contribution in [0.3, 0.4) is 0 Å². The molecule has 1 N–H and O–H groups in total. The topological polar surface area (TPSA) is 41.3 Å². The zero-order chi connectivity index (χ0) is 12.7. The Bertz CT molecular complexity index is 311. The van der Waals surface area contributed by atoms with Gasteiger partial charge in [-0.1, -0.05) is 20.3 Å². The Hall–Kier alpha value is -1.03. The Morgan fingerprint density at radius 1 is 1.41 bits per heavy atom. The van der Waals surface area contributed by atoms with Crippen LogP contribution in [0.25, 0.3) is 0 Å². The quantitative estimate of drug-likeness (QED) is 0.708. The number of rotatable bonds is 8. The van der Waals surface area contributed by atoms with Gasteiger partial charge >= 0.3 is 0 Å². The van der Waals surface area contributed by atoms with Crippen LogP contribution in [0.2, 0.25) is 0 Å². The molecule has 1 atom stereocenters. The van der Waals surface area contributed by atoms with Crippen molar-refractivity contribution in [2.24, 2.45) is 0 Å². The summed E-state index contributed by atoms with van der Waals surface area (Å²) in [5.41, 5.74) is 0.976. The number of anilines is 1. The molecule has 0 saturated carbocycles. The summed E-state index contributed by atoms with van der Waals surface area (Å²) in [7, 11) is 2.04. The van der Waals surface area contributed by atoms with E-state index >= 15 is 0 Å². The van der Waals surface area contributed by atoms with Gasteiger partial charge < -0.3 is 14.6 Å². The summed E-state index contributed by atoms with van der Waals surface area (Å²) in [6.07, 6.45) is 5.21. The van der Waals surface area contributed by atoms with Crippen LogP contribution in [-0.2, 0) is 6.54 Å². The van der Waals surface area contributed by atoms with Gasteiger partial charge in [0.05, 0.1) is 5.69 Å². The fourth-order valence-corrected chi connectivity index (χ4v) is 1.73. The molecule has 0 saturated heterocycles. The monoisotopic (exact) mass is 239 g/mol. The lowest BCUT2D eigenvalue weighted by molar-refractivity contribution is 0.506. The number of hydrogen-bond acceptors (Lipinski definition) is 4. The molecule has 1 unspecified atom stereocenters. The molecule has 0 amide bonds. The molecule has 0 spiro atoms. The first-order chi connectivity index (χ1) is 8.19. The lowest BCUT2D eigenvalue weighted by Crippen LogP contribution is -2.28. The van der Waals surface area contributed by atoms with Gasteiger partial charge in [0.2, 0.25) is 0 Å². The van der Waals surface area contributed by atoms with Gasteiger partial charge in [-0.2, -0.15) is 4.98 Å². The van der Waals surface area contributed by atoms with Crippen LogP contribution in [0, 0.1) is 0 Å². The van der Waals surface area contributed by atoms with Crippen LogP contribution in [0.1, 0.15) is 45.7 Å². The molecule has 17 heavy (non-hydrogen) atoms. The summed E-state index contributed by atoms with van der Waals surface area (Å²) < 4.78 is 5.50. The van der Waals surface area contributed by atoms with E-state index in [2.05, 4.69) is 36.0 Å². The average molecular weight is 239 g/mol. The highest BCUT2D eigenvalue weighted by Crippen LogP contribution is 2.16. The van der Waals surface area contributed by atoms with Crippen molar-refractivity contribution in [1.82, 2.24) is 10.3 Å². The number of nitrogens with one attached hydrogen (secondary N) is 1. The van der Waals surface area contributed by atoms with E-state index in [0.717, 1.165) is 37.6 Å². The number of nitrogens with zero attached hydrogens (tertiary/aromatic N) is 2. The molecule has 1 aromatic rings. The van der Waals surface area contributed by atoms with E-state index in [9.17, 15) is 0 Å². The Kier molecular flexibility index (Phi) is 6.05. The fraction of sp³-hybridized carbons (Fsp3) is 0.769. The van der Waals surface area contributed by atoms with Crippen molar-refractivity contribution in [3.8, 4) is 0 Å². The van der Waals surface area contributed by atoms with Crippen molar-refractivity contribution in [2.45, 2.75) is 52.6 Å². The Morgan fingerprint density at radius 3 is 2.82 bits per heavy atom. The summed E-state index contributed by atoms with van der Waals surface area (Å²) in [5.74, 6) is 0. The SMILES string of the molecule is CCCNCc1coc(N(C)C(C)CCC)n1. The van der Waals surface area contributed by atoms with E-state index in [4.69, 9.17) is 4.42 Å². The third-order valence-corrected chi connectivity index (χ3v) is 2.94. The summed E-state index contributed by atoms with van der Waals surface area (Å²) >= 11 is 0. The molecule has 4 heteroatoms. The minimum atomic E-state index is 0.468. The molecule has 0 bridgehead atoms. The average Bonchev–Trinajstić information content (AvgIpc) is 2.77. The van der Waals surface area contributed by atoms with Crippen LogP contribution in [0.4, 0.5) is 6.01 Å². The summed E-state index contributed by atoms with van der Waals surface area (Å²) in [5, 5.41) is 3.32. The van der Waals surface area contributed by atoms with Crippen LogP contribution >= 0.6 is 0 Å². The summed E-state index contributed by atoms with van der Waals surface area (Å²) in [6.45, 7) is 8.35. The second-order valence-corrected chi connectivity index (χ2v) is 4.55. The molecule has 0 aliphatic carbocycles. The van der Waals surface area contributed by atoms with E-state index < -0.39 is 0 Å². The molecule has 0 fully saturated rings. The van der Waals surface area contributed by atoms with E-state index in [-0.39, 0.29) is 0 Å². The normalized spacial score (nSPS) is 12.7. The van der Waals surface area contributed by atoms with Crippen molar-refractivity contribution in [2.75, 3.05) is 18.5 Å². The van der Waals surface area contributed by atoms with E-state index in [0.29, 0.717) is 6.04 Å². The zero-order valence-electron chi connectivity index (χ0n) is 11.5. The molecular weight excluding hydrogens is 214 g/mol. The lowest BCUT2D eigenvalue weighted by atomic mass is 10.2. The van der Waals surface area contributed by atoms with E-state index in [1.165, 1.54) is 6.42 Å². The molecular formula is C13H25N3O. The molecule has 1 aromatic heterocycles. The minimum Gasteiger partial charge on any atom is -0.432 e. The fourth-order valence-electron chi connectivity index (χ4n) is 1.73. The largest absolute Gasteiger partial charge is 0.432 e. The second kappa shape index (κ2) is 7.33. The van der Waals surface area contributed by atoms with Gasteiger partial charge in [-0.25, -0.2) is 0 Å². The summed E-state index contributed by atoms with van der Waals surface area (Å²) in [4.78, 5) is 6.59. The van der Waals surface area contributed by atoms with Crippen molar-refractivity contribution < 1.29 is 4.42 Å². The van der Waals surface area contributed by atoms with Gasteiger partial charge in [-0.15, -0.1) is 0 Å². The van der Waals surface area contributed by atoms with Gasteiger partial charge in [0, 0.05) is 19.6 Å². The van der Waals surface area contributed by atoms with Gasteiger partial charge in [-0.05, 0) is 26.3 Å². The number of aromatic nitrogens is 1. The standard InChI is InChI=1S/C13H25N3O/c1-5-7-11(3)16(4)13-15-12(10-17-13)9-14-8-6-2/h10-11,14H,5-9H2,1-4H3. The Labute approximate surface area is 104 Å². The van der Waals surface area contributed by atoms with Crippen LogP contribution in [-0.4, -0.2) is 24.6 Å². The molecule has 0 aromatic carbocycles. The molecule has 0 aliphatic rings. The number of hydrogen-bond donors (Lipinski definition) is 1. The zero-order valence-corrected chi connectivity index (χ0v) is 11.5. The van der Waals surface area contributed by atoms with E-state index in [1.807, 2.05) is 7.05 Å². The smallest absolute Gasteiger partial charge is 0.297 e. The highest BCUT2D eigenvalue weighted by atomic mass is 16.4. The second-order valence-electron chi connectivity index (χ2n) is 4.55. The molecule has 1 rings (SSSR count).